The molecule has 0 bridgehead atoms. The van der Waals surface area contributed by atoms with Gasteiger partial charge >= 0.3 is 0 Å². The van der Waals surface area contributed by atoms with Crippen molar-refractivity contribution >= 4 is 0 Å². The number of benzene rings is 1. The highest BCUT2D eigenvalue weighted by atomic mass is 14.9. The normalized spacial score (nSPS) is 17.8. The molecule has 0 aromatic heterocycles. The Balaban J connectivity index is 1.67. The second kappa shape index (κ2) is 8.46. The standard InChI is InChI=1S/C19H31N/c1-16(2)19(18-12-4-3-5-13-18)15-20-14-8-11-17-9-6-7-10-17/h3-5,12-13,16-17,19-20H,6-11,14-15H2,1-2H3. The van der Waals surface area contributed by atoms with Crippen LogP contribution in [-0.4, -0.2) is 13.1 Å². The minimum atomic E-state index is 0.641. The monoisotopic (exact) mass is 273 g/mol. The van der Waals surface area contributed by atoms with E-state index in [0.717, 1.165) is 12.5 Å². The average Bonchev–Trinajstić information content (AvgIpc) is 2.96. The molecule has 0 heterocycles. The fourth-order valence-electron chi connectivity index (χ4n) is 3.51. The summed E-state index contributed by atoms with van der Waals surface area (Å²) in [6.07, 6.45) is 8.70. The summed E-state index contributed by atoms with van der Waals surface area (Å²) in [5.74, 6) is 2.37. The molecular formula is C19H31N. The Morgan fingerprint density at radius 1 is 1.10 bits per heavy atom. The number of hydrogen-bond donors (Lipinski definition) is 1. The average molecular weight is 273 g/mol. The van der Waals surface area contributed by atoms with Gasteiger partial charge < -0.3 is 5.32 Å². The summed E-state index contributed by atoms with van der Waals surface area (Å²) < 4.78 is 0. The first-order valence-corrected chi connectivity index (χ1v) is 8.53. The maximum atomic E-state index is 3.69. The first-order chi connectivity index (χ1) is 9.77. The van der Waals surface area contributed by atoms with E-state index in [4.69, 9.17) is 0 Å². The molecule has 1 aliphatic rings. The lowest BCUT2D eigenvalue weighted by Gasteiger charge is -2.22. The van der Waals surface area contributed by atoms with Crippen LogP contribution < -0.4 is 5.32 Å². The van der Waals surface area contributed by atoms with E-state index in [1.54, 1.807) is 0 Å². The summed E-state index contributed by atoms with van der Waals surface area (Å²) in [5, 5.41) is 3.69. The Hall–Kier alpha value is -0.820. The van der Waals surface area contributed by atoms with Crippen molar-refractivity contribution in [2.45, 2.75) is 58.3 Å². The predicted molar refractivity (Wildman–Crippen MR) is 88.1 cm³/mol. The van der Waals surface area contributed by atoms with Gasteiger partial charge in [0.05, 0.1) is 0 Å². The quantitative estimate of drug-likeness (QED) is 0.658. The molecule has 1 fully saturated rings. The summed E-state index contributed by atoms with van der Waals surface area (Å²) >= 11 is 0. The van der Waals surface area contributed by atoms with Crippen LogP contribution in [0.2, 0.25) is 0 Å². The van der Waals surface area contributed by atoms with Gasteiger partial charge in [-0.05, 0) is 42.7 Å². The molecule has 1 N–H and O–H groups in total. The van der Waals surface area contributed by atoms with Crippen LogP contribution in [-0.2, 0) is 0 Å². The maximum Gasteiger partial charge on any atom is 0.00226 e. The zero-order chi connectivity index (χ0) is 14.2. The minimum absolute atomic E-state index is 0.641. The molecule has 1 unspecified atom stereocenters. The SMILES string of the molecule is CC(C)C(CNCCCC1CCCC1)c1ccccc1. The third-order valence-electron chi connectivity index (χ3n) is 4.84. The molecule has 0 saturated heterocycles. The van der Waals surface area contributed by atoms with E-state index in [0.29, 0.717) is 11.8 Å². The number of rotatable bonds is 8. The van der Waals surface area contributed by atoms with Crippen molar-refractivity contribution in [2.24, 2.45) is 11.8 Å². The Bertz CT molecular complexity index is 351. The predicted octanol–water partition coefficient (Wildman–Crippen LogP) is 4.99. The van der Waals surface area contributed by atoms with Gasteiger partial charge in [-0.15, -0.1) is 0 Å². The van der Waals surface area contributed by atoms with Crippen molar-refractivity contribution in [3.8, 4) is 0 Å². The van der Waals surface area contributed by atoms with Gasteiger partial charge in [0.2, 0.25) is 0 Å². The topological polar surface area (TPSA) is 12.0 Å². The molecule has 0 aliphatic heterocycles. The van der Waals surface area contributed by atoms with Crippen LogP contribution >= 0.6 is 0 Å². The first-order valence-electron chi connectivity index (χ1n) is 8.53. The first kappa shape index (κ1) is 15.6. The summed E-state index contributed by atoms with van der Waals surface area (Å²) in [5.41, 5.74) is 1.48. The molecule has 1 heteroatoms. The van der Waals surface area contributed by atoms with Gasteiger partial charge in [-0.25, -0.2) is 0 Å². The lowest BCUT2D eigenvalue weighted by molar-refractivity contribution is 0.435. The Kier molecular flexibility index (Phi) is 6.59. The highest BCUT2D eigenvalue weighted by molar-refractivity contribution is 5.20. The van der Waals surface area contributed by atoms with Crippen LogP contribution in [0.4, 0.5) is 0 Å². The van der Waals surface area contributed by atoms with E-state index in [-0.39, 0.29) is 0 Å². The second-order valence-corrected chi connectivity index (χ2v) is 6.76. The zero-order valence-corrected chi connectivity index (χ0v) is 13.3. The van der Waals surface area contributed by atoms with Crippen molar-refractivity contribution < 1.29 is 0 Å². The summed E-state index contributed by atoms with van der Waals surface area (Å²) in [7, 11) is 0. The highest BCUT2D eigenvalue weighted by Gasteiger charge is 2.16. The Morgan fingerprint density at radius 3 is 2.45 bits per heavy atom. The number of nitrogens with one attached hydrogen (secondary N) is 1. The molecule has 1 aliphatic carbocycles. The van der Waals surface area contributed by atoms with E-state index in [2.05, 4.69) is 49.5 Å². The van der Waals surface area contributed by atoms with Crippen molar-refractivity contribution in [1.82, 2.24) is 5.32 Å². The van der Waals surface area contributed by atoms with Crippen LogP contribution in [0.5, 0.6) is 0 Å². The smallest absolute Gasteiger partial charge is 0.00226 e. The lowest BCUT2D eigenvalue weighted by Crippen LogP contribution is -2.25. The Labute approximate surface area is 125 Å². The Morgan fingerprint density at radius 2 is 1.80 bits per heavy atom. The van der Waals surface area contributed by atoms with Crippen LogP contribution in [0.15, 0.2) is 30.3 Å². The third-order valence-corrected chi connectivity index (χ3v) is 4.84. The molecule has 0 spiro atoms. The van der Waals surface area contributed by atoms with Crippen molar-refractivity contribution in [3.63, 3.8) is 0 Å². The second-order valence-electron chi connectivity index (χ2n) is 6.76. The summed E-state index contributed by atoms with van der Waals surface area (Å²) in [4.78, 5) is 0. The molecule has 112 valence electrons. The van der Waals surface area contributed by atoms with Crippen LogP contribution in [0.25, 0.3) is 0 Å². The van der Waals surface area contributed by atoms with Crippen molar-refractivity contribution in [1.29, 1.82) is 0 Å². The summed E-state index contributed by atoms with van der Waals surface area (Å²) in [6.45, 7) is 6.97. The molecule has 1 aromatic rings. The third kappa shape index (κ3) is 4.94. The van der Waals surface area contributed by atoms with Gasteiger partial charge in [0.15, 0.2) is 0 Å². The van der Waals surface area contributed by atoms with E-state index in [1.165, 1.54) is 50.6 Å². The van der Waals surface area contributed by atoms with E-state index in [9.17, 15) is 0 Å². The minimum Gasteiger partial charge on any atom is -0.316 e. The molecular weight excluding hydrogens is 242 g/mol. The van der Waals surface area contributed by atoms with E-state index in [1.807, 2.05) is 0 Å². The molecule has 20 heavy (non-hydrogen) atoms. The lowest BCUT2D eigenvalue weighted by atomic mass is 9.88. The summed E-state index contributed by atoms with van der Waals surface area (Å²) in [6, 6.07) is 11.0. The van der Waals surface area contributed by atoms with Crippen LogP contribution in [0, 0.1) is 11.8 Å². The van der Waals surface area contributed by atoms with Gasteiger partial charge in [-0.3, -0.25) is 0 Å². The van der Waals surface area contributed by atoms with E-state index >= 15 is 0 Å². The van der Waals surface area contributed by atoms with Crippen molar-refractivity contribution in [3.05, 3.63) is 35.9 Å². The fourth-order valence-corrected chi connectivity index (χ4v) is 3.51. The van der Waals surface area contributed by atoms with Crippen molar-refractivity contribution in [2.75, 3.05) is 13.1 Å². The highest BCUT2D eigenvalue weighted by Crippen LogP contribution is 2.28. The molecule has 1 aromatic carbocycles. The van der Waals surface area contributed by atoms with Crippen LogP contribution in [0.1, 0.15) is 63.9 Å². The maximum absolute atomic E-state index is 3.69. The van der Waals surface area contributed by atoms with Gasteiger partial charge in [0.25, 0.3) is 0 Å². The molecule has 0 radical (unpaired) electrons. The van der Waals surface area contributed by atoms with Gasteiger partial charge in [-0.1, -0.05) is 69.9 Å². The fraction of sp³-hybridized carbons (Fsp3) is 0.684. The molecule has 0 amide bonds. The van der Waals surface area contributed by atoms with Gasteiger partial charge in [0, 0.05) is 6.54 Å². The van der Waals surface area contributed by atoms with E-state index < -0.39 is 0 Å². The molecule has 1 saturated carbocycles. The molecule has 1 nitrogen and oxygen atoms in total. The number of hydrogen-bond acceptors (Lipinski definition) is 1. The van der Waals surface area contributed by atoms with Crippen LogP contribution in [0.3, 0.4) is 0 Å². The molecule has 2 rings (SSSR count). The molecule has 1 atom stereocenters. The zero-order valence-electron chi connectivity index (χ0n) is 13.3. The largest absolute Gasteiger partial charge is 0.316 e. The van der Waals surface area contributed by atoms with Gasteiger partial charge in [-0.2, -0.15) is 0 Å². The van der Waals surface area contributed by atoms with Gasteiger partial charge in [0.1, 0.15) is 0 Å².